The average Bonchev–Trinajstić information content (AvgIpc) is 3.20. The van der Waals surface area contributed by atoms with Gasteiger partial charge in [-0.1, -0.05) is 0 Å². The van der Waals surface area contributed by atoms with E-state index in [4.69, 9.17) is 4.42 Å². The van der Waals surface area contributed by atoms with Crippen molar-refractivity contribution in [3.05, 3.63) is 24.2 Å². The molecule has 1 aliphatic rings. The molecule has 0 aromatic carbocycles. The Morgan fingerprint density at radius 2 is 2.18 bits per heavy atom. The summed E-state index contributed by atoms with van der Waals surface area (Å²) in [7, 11) is 2.14. The van der Waals surface area contributed by atoms with Gasteiger partial charge in [-0.3, -0.25) is 0 Å². The second-order valence-electron chi connectivity index (χ2n) is 6.45. The fourth-order valence-electron chi connectivity index (χ4n) is 2.36. The third kappa shape index (κ3) is 5.37. The number of carbonyl (C=O) groups is 1. The van der Waals surface area contributed by atoms with Crippen molar-refractivity contribution in [1.82, 2.24) is 15.1 Å². The minimum absolute atomic E-state index is 0.0381. The number of nitrogens with one attached hydrogen (secondary N) is 1. The van der Waals surface area contributed by atoms with Gasteiger partial charge in [0.15, 0.2) is 0 Å². The number of hydrogen-bond acceptors (Lipinski definition) is 3. The van der Waals surface area contributed by atoms with E-state index in [1.807, 2.05) is 17.0 Å². The van der Waals surface area contributed by atoms with Crippen molar-refractivity contribution in [2.45, 2.75) is 58.2 Å². The second-order valence-corrected chi connectivity index (χ2v) is 6.45. The molecule has 1 aromatic rings. The second kappa shape index (κ2) is 8.22. The van der Waals surface area contributed by atoms with Crippen molar-refractivity contribution in [2.24, 2.45) is 0 Å². The van der Waals surface area contributed by atoms with Gasteiger partial charge < -0.3 is 19.5 Å². The first-order valence-electron chi connectivity index (χ1n) is 8.35. The maximum atomic E-state index is 12.3. The van der Waals surface area contributed by atoms with Crippen molar-refractivity contribution in [1.29, 1.82) is 0 Å². The summed E-state index contributed by atoms with van der Waals surface area (Å²) in [5, 5.41) is 3.05. The summed E-state index contributed by atoms with van der Waals surface area (Å²) in [5.41, 5.74) is 0. The molecule has 2 amide bonds. The van der Waals surface area contributed by atoms with Crippen molar-refractivity contribution >= 4 is 6.03 Å². The Balaban J connectivity index is 1.66. The molecule has 0 spiro atoms. The van der Waals surface area contributed by atoms with Crippen LogP contribution in [-0.2, 0) is 6.54 Å². The topological polar surface area (TPSA) is 48.7 Å². The van der Waals surface area contributed by atoms with Gasteiger partial charge in [0.25, 0.3) is 0 Å². The van der Waals surface area contributed by atoms with Crippen molar-refractivity contribution in [3.8, 4) is 0 Å². The van der Waals surface area contributed by atoms with Gasteiger partial charge in [0.1, 0.15) is 5.76 Å². The van der Waals surface area contributed by atoms with E-state index in [-0.39, 0.29) is 6.03 Å². The van der Waals surface area contributed by atoms with Crippen LogP contribution in [0.5, 0.6) is 0 Å². The Morgan fingerprint density at radius 1 is 1.41 bits per heavy atom. The zero-order valence-electron chi connectivity index (χ0n) is 14.0. The Morgan fingerprint density at radius 3 is 2.77 bits per heavy atom. The van der Waals surface area contributed by atoms with Gasteiger partial charge in [-0.05, 0) is 65.3 Å². The molecule has 22 heavy (non-hydrogen) atoms. The summed E-state index contributed by atoms with van der Waals surface area (Å²) in [6.07, 6.45) is 5.99. The lowest BCUT2D eigenvalue weighted by Crippen LogP contribution is -2.41. The Hall–Kier alpha value is -1.49. The molecule has 0 unspecified atom stereocenters. The van der Waals surface area contributed by atoms with Gasteiger partial charge in [0, 0.05) is 18.6 Å². The first kappa shape index (κ1) is 16.9. The SMILES string of the molecule is CC(C)N(C)CCCCNC(=O)N(Cc1ccco1)C1CC1. The normalized spacial score (nSPS) is 14.6. The molecule has 1 aromatic heterocycles. The van der Waals surface area contributed by atoms with Gasteiger partial charge in [-0.25, -0.2) is 4.79 Å². The van der Waals surface area contributed by atoms with Gasteiger partial charge in [0.2, 0.25) is 0 Å². The molecule has 0 bridgehead atoms. The van der Waals surface area contributed by atoms with Crippen LogP contribution in [-0.4, -0.2) is 48.1 Å². The molecule has 1 heterocycles. The molecule has 0 radical (unpaired) electrons. The first-order chi connectivity index (χ1) is 10.6. The number of carbonyl (C=O) groups excluding carboxylic acids is 1. The summed E-state index contributed by atoms with van der Waals surface area (Å²) in [6, 6.07) is 4.79. The largest absolute Gasteiger partial charge is 0.467 e. The van der Waals surface area contributed by atoms with Crippen LogP contribution in [0.25, 0.3) is 0 Å². The molecule has 1 fully saturated rings. The predicted octanol–water partition coefficient (Wildman–Crippen LogP) is 3.07. The van der Waals surface area contributed by atoms with Crippen LogP contribution in [0.2, 0.25) is 0 Å². The van der Waals surface area contributed by atoms with Crippen LogP contribution >= 0.6 is 0 Å². The van der Waals surface area contributed by atoms with Gasteiger partial charge in [-0.15, -0.1) is 0 Å². The molecular weight excluding hydrogens is 278 g/mol. The van der Waals surface area contributed by atoms with Crippen LogP contribution < -0.4 is 5.32 Å². The summed E-state index contributed by atoms with van der Waals surface area (Å²) < 4.78 is 5.36. The average molecular weight is 307 g/mol. The highest BCUT2D eigenvalue weighted by atomic mass is 16.3. The lowest BCUT2D eigenvalue weighted by molar-refractivity contribution is 0.186. The number of rotatable bonds is 9. The quantitative estimate of drug-likeness (QED) is 0.713. The van der Waals surface area contributed by atoms with E-state index >= 15 is 0 Å². The van der Waals surface area contributed by atoms with Crippen LogP contribution in [0.15, 0.2) is 22.8 Å². The zero-order chi connectivity index (χ0) is 15.9. The molecule has 0 aliphatic heterocycles. The standard InChI is InChI=1S/C17H29N3O2/c1-14(2)19(3)11-5-4-10-18-17(21)20(15-8-9-15)13-16-7-6-12-22-16/h6-7,12,14-15H,4-5,8-11,13H2,1-3H3,(H,18,21). The molecule has 2 rings (SSSR count). The monoisotopic (exact) mass is 307 g/mol. The molecule has 1 aliphatic carbocycles. The minimum Gasteiger partial charge on any atom is -0.467 e. The highest BCUT2D eigenvalue weighted by molar-refractivity contribution is 5.74. The minimum atomic E-state index is 0.0381. The lowest BCUT2D eigenvalue weighted by atomic mass is 10.2. The molecule has 5 heteroatoms. The van der Waals surface area contributed by atoms with Crippen LogP contribution in [0.1, 0.15) is 45.3 Å². The molecule has 0 atom stereocenters. The van der Waals surface area contributed by atoms with E-state index in [1.54, 1.807) is 6.26 Å². The molecule has 5 nitrogen and oxygen atoms in total. The van der Waals surface area contributed by atoms with Crippen molar-refractivity contribution < 1.29 is 9.21 Å². The van der Waals surface area contributed by atoms with Crippen LogP contribution in [0.4, 0.5) is 4.79 Å². The molecule has 1 N–H and O–H groups in total. The summed E-state index contributed by atoms with van der Waals surface area (Å²) in [4.78, 5) is 16.5. The fourth-order valence-corrected chi connectivity index (χ4v) is 2.36. The smallest absolute Gasteiger partial charge is 0.318 e. The molecule has 1 saturated carbocycles. The number of furan rings is 1. The van der Waals surface area contributed by atoms with Crippen LogP contribution in [0.3, 0.4) is 0 Å². The van der Waals surface area contributed by atoms with Crippen LogP contribution in [0, 0.1) is 0 Å². The maximum Gasteiger partial charge on any atom is 0.318 e. The molecule has 0 saturated heterocycles. The lowest BCUT2D eigenvalue weighted by Gasteiger charge is -2.22. The third-order valence-corrected chi connectivity index (χ3v) is 4.25. The van der Waals surface area contributed by atoms with E-state index in [1.165, 1.54) is 0 Å². The number of hydrogen-bond donors (Lipinski definition) is 1. The first-order valence-corrected chi connectivity index (χ1v) is 8.35. The van der Waals surface area contributed by atoms with Gasteiger partial charge in [-0.2, -0.15) is 0 Å². The van der Waals surface area contributed by atoms with Crippen molar-refractivity contribution in [2.75, 3.05) is 20.1 Å². The van der Waals surface area contributed by atoms with E-state index in [2.05, 4.69) is 31.1 Å². The van der Waals surface area contributed by atoms with Crippen molar-refractivity contribution in [3.63, 3.8) is 0 Å². The zero-order valence-corrected chi connectivity index (χ0v) is 14.0. The molecular formula is C17H29N3O2. The summed E-state index contributed by atoms with van der Waals surface area (Å²) >= 11 is 0. The third-order valence-electron chi connectivity index (χ3n) is 4.25. The molecule has 124 valence electrons. The predicted molar refractivity (Wildman–Crippen MR) is 87.7 cm³/mol. The summed E-state index contributed by atoms with van der Waals surface area (Å²) in [5.74, 6) is 0.848. The van der Waals surface area contributed by atoms with E-state index < -0.39 is 0 Å². The highest BCUT2D eigenvalue weighted by Gasteiger charge is 2.32. The highest BCUT2D eigenvalue weighted by Crippen LogP contribution is 2.28. The van der Waals surface area contributed by atoms with Gasteiger partial charge >= 0.3 is 6.03 Å². The van der Waals surface area contributed by atoms with E-state index in [0.717, 1.165) is 44.5 Å². The number of urea groups is 1. The van der Waals surface area contributed by atoms with E-state index in [0.29, 0.717) is 18.6 Å². The summed E-state index contributed by atoms with van der Waals surface area (Å²) in [6.45, 7) is 6.78. The maximum absolute atomic E-state index is 12.3. The number of amides is 2. The van der Waals surface area contributed by atoms with E-state index in [9.17, 15) is 4.79 Å². The Kier molecular flexibility index (Phi) is 6.31. The number of nitrogens with zero attached hydrogens (tertiary/aromatic N) is 2. The Bertz CT molecular complexity index is 441. The van der Waals surface area contributed by atoms with Gasteiger partial charge in [0.05, 0.1) is 12.8 Å². The number of unbranched alkanes of at least 4 members (excludes halogenated alkanes) is 1. The fraction of sp³-hybridized carbons (Fsp3) is 0.706. The Labute approximate surface area is 133 Å².